The van der Waals surface area contributed by atoms with Crippen molar-refractivity contribution in [2.45, 2.75) is 39.3 Å². The van der Waals surface area contributed by atoms with Gasteiger partial charge in [0.25, 0.3) is 0 Å². The maximum absolute atomic E-state index is 11.4. The van der Waals surface area contributed by atoms with E-state index < -0.39 is 5.60 Å². The summed E-state index contributed by atoms with van der Waals surface area (Å²) in [5.74, 6) is 0.544. The molecule has 4 nitrogen and oxygen atoms in total. The van der Waals surface area contributed by atoms with Crippen LogP contribution in [0.3, 0.4) is 0 Å². The first-order valence-electron chi connectivity index (χ1n) is 5.09. The Bertz CT molecular complexity index is 207. The number of carbonyl (C=O) groups excluding carboxylic acids is 1. The van der Waals surface area contributed by atoms with E-state index in [-0.39, 0.29) is 12.1 Å². The fraction of sp³-hybridized carbons (Fsp3) is 0.900. The summed E-state index contributed by atoms with van der Waals surface area (Å²) in [6.45, 7) is 9.57. The standard InChI is InChI=1S/C10H20N2O2/c1-7(8-5-11-6-8)12-9(13)14-10(2,3)4/h7-8,11H,5-6H2,1-4H3,(H,12,13). The van der Waals surface area contributed by atoms with E-state index >= 15 is 0 Å². The van der Waals surface area contributed by atoms with E-state index in [0.717, 1.165) is 13.1 Å². The number of amides is 1. The van der Waals surface area contributed by atoms with Gasteiger partial charge in [0.2, 0.25) is 0 Å². The van der Waals surface area contributed by atoms with Crippen LogP contribution in [-0.2, 0) is 4.74 Å². The van der Waals surface area contributed by atoms with Gasteiger partial charge >= 0.3 is 6.09 Å². The number of rotatable bonds is 2. The Kier molecular flexibility index (Phi) is 3.37. The van der Waals surface area contributed by atoms with Crippen LogP contribution in [0.25, 0.3) is 0 Å². The molecule has 0 saturated carbocycles. The van der Waals surface area contributed by atoms with Crippen molar-refractivity contribution in [2.24, 2.45) is 5.92 Å². The van der Waals surface area contributed by atoms with E-state index in [9.17, 15) is 4.79 Å². The van der Waals surface area contributed by atoms with Crippen LogP contribution < -0.4 is 10.6 Å². The van der Waals surface area contributed by atoms with Crippen LogP contribution in [0.15, 0.2) is 0 Å². The smallest absolute Gasteiger partial charge is 0.407 e. The third-order valence-electron chi connectivity index (χ3n) is 2.26. The molecule has 0 spiro atoms. The third-order valence-corrected chi connectivity index (χ3v) is 2.26. The molecule has 1 saturated heterocycles. The van der Waals surface area contributed by atoms with Gasteiger partial charge in [-0.05, 0) is 27.7 Å². The van der Waals surface area contributed by atoms with Crippen molar-refractivity contribution in [1.82, 2.24) is 10.6 Å². The Morgan fingerprint density at radius 1 is 1.50 bits per heavy atom. The van der Waals surface area contributed by atoms with E-state index in [1.807, 2.05) is 27.7 Å². The molecule has 0 aromatic rings. The topological polar surface area (TPSA) is 50.4 Å². The number of ether oxygens (including phenoxy) is 1. The van der Waals surface area contributed by atoms with Crippen molar-refractivity contribution in [3.8, 4) is 0 Å². The largest absolute Gasteiger partial charge is 0.444 e. The van der Waals surface area contributed by atoms with Crippen LogP contribution >= 0.6 is 0 Å². The highest BCUT2D eigenvalue weighted by Crippen LogP contribution is 2.11. The van der Waals surface area contributed by atoms with Gasteiger partial charge in [0.1, 0.15) is 5.60 Å². The molecule has 1 heterocycles. The Hall–Kier alpha value is -0.770. The number of hydrogen-bond donors (Lipinski definition) is 2. The third kappa shape index (κ3) is 3.54. The van der Waals surface area contributed by atoms with E-state index in [1.54, 1.807) is 0 Å². The van der Waals surface area contributed by atoms with Gasteiger partial charge < -0.3 is 15.4 Å². The highest BCUT2D eigenvalue weighted by molar-refractivity contribution is 5.68. The summed E-state index contributed by atoms with van der Waals surface area (Å²) in [5, 5.41) is 6.01. The van der Waals surface area contributed by atoms with E-state index in [2.05, 4.69) is 10.6 Å². The van der Waals surface area contributed by atoms with Crippen molar-refractivity contribution in [2.75, 3.05) is 13.1 Å². The molecule has 0 aromatic heterocycles. The van der Waals surface area contributed by atoms with Crippen LogP contribution in [0, 0.1) is 5.92 Å². The molecule has 1 unspecified atom stereocenters. The normalized spacial score (nSPS) is 19.7. The van der Waals surface area contributed by atoms with Gasteiger partial charge in [-0.1, -0.05) is 0 Å². The lowest BCUT2D eigenvalue weighted by Crippen LogP contribution is -2.53. The van der Waals surface area contributed by atoms with Crippen LogP contribution in [0.2, 0.25) is 0 Å². The molecular weight excluding hydrogens is 180 g/mol. The minimum Gasteiger partial charge on any atom is -0.444 e. The summed E-state index contributed by atoms with van der Waals surface area (Å²) in [6.07, 6.45) is -0.322. The fourth-order valence-corrected chi connectivity index (χ4v) is 1.28. The quantitative estimate of drug-likeness (QED) is 0.702. The molecule has 1 aliphatic rings. The lowest BCUT2D eigenvalue weighted by atomic mass is 9.95. The maximum Gasteiger partial charge on any atom is 0.407 e. The van der Waals surface area contributed by atoms with Crippen molar-refractivity contribution in [1.29, 1.82) is 0 Å². The van der Waals surface area contributed by atoms with Crippen molar-refractivity contribution >= 4 is 6.09 Å². The zero-order chi connectivity index (χ0) is 10.8. The Morgan fingerprint density at radius 3 is 2.43 bits per heavy atom. The molecule has 1 fully saturated rings. The van der Waals surface area contributed by atoms with Crippen LogP contribution in [0.1, 0.15) is 27.7 Å². The average Bonchev–Trinajstić information content (AvgIpc) is 1.75. The van der Waals surface area contributed by atoms with Crippen LogP contribution in [0.4, 0.5) is 4.79 Å². The van der Waals surface area contributed by atoms with E-state index in [1.165, 1.54) is 0 Å². The first-order chi connectivity index (χ1) is 6.38. The zero-order valence-corrected chi connectivity index (χ0v) is 9.39. The second-order valence-corrected chi connectivity index (χ2v) is 4.85. The van der Waals surface area contributed by atoms with E-state index in [0.29, 0.717) is 5.92 Å². The second kappa shape index (κ2) is 4.17. The highest BCUT2D eigenvalue weighted by Gasteiger charge is 2.26. The van der Waals surface area contributed by atoms with Gasteiger partial charge in [-0.25, -0.2) is 4.79 Å². The van der Waals surface area contributed by atoms with E-state index in [4.69, 9.17) is 4.74 Å². The summed E-state index contributed by atoms with van der Waals surface area (Å²) in [7, 11) is 0. The SMILES string of the molecule is CC(NC(=O)OC(C)(C)C)C1CNC1. The average molecular weight is 200 g/mol. The molecule has 14 heavy (non-hydrogen) atoms. The minimum absolute atomic E-state index is 0.186. The number of hydrogen-bond acceptors (Lipinski definition) is 3. The van der Waals surface area contributed by atoms with Gasteiger partial charge in [-0.3, -0.25) is 0 Å². The summed E-state index contributed by atoms with van der Waals surface area (Å²) >= 11 is 0. The molecule has 82 valence electrons. The predicted molar refractivity (Wildman–Crippen MR) is 55.2 cm³/mol. The molecule has 0 bridgehead atoms. The summed E-state index contributed by atoms with van der Waals surface area (Å²) in [6, 6.07) is 0.186. The minimum atomic E-state index is -0.415. The Labute approximate surface area is 85.4 Å². The Balaban J connectivity index is 2.25. The van der Waals surface area contributed by atoms with Crippen molar-refractivity contribution < 1.29 is 9.53 Å². The van der Waals surface area contributed by atoms with Gasteiger partial charge in [-0.15, -0.1) is 0 Å². The number of alkyl carbamates (subject to hydrolysis) is 1. The lowest BCUT2D eigenvalue weighted by molar-refractivity contribution is 0.0481. The molecule has 0 radical (unpaired) electrons. The number of carbonyl (C=O) groups is 1. The second-order valence-electron chi connectivity index (χ2n) is 4.85. The molecule has 0 aliphatic carbocycles. The summed E-state index contributed by atoms with van der Waals surface area (Å²) in [5.41, 5.74) is -0.415. The predicted octanol–water partition coefficient (Wildman–Crippen LogP) is 1.12. The van der Waals surface area contributed by atoms with Crippen LogP contribution in [-0.4, -0.2) is 30.8 Å². The van der Waals surface area contributed by atoms with Crippen molar-refractivity contribution in [3.05, 3.63) is 0 Å². The molecule has 4 heteroatoms. The van der Waals surface area contributed by atoms with Gasteiger partial charge in [0, 0.05) is 25.0 Å². The molecule has 0 aromatic carbocycles. The fourth-order valence-electron chi connectivity index (χ4n) is 1.28. The van der Waals surface area contributed by atoms with Gasteiger partial charge in [0.05, 0.1) is 0 Å². The molecule has 1 amide bonds. The number of nitrogens with one attached hydrogen (secondary N) is 2. The highest BCUT2D eigenvalue weighted by atomic mass is 16.6. The zero-order valence-electron chi connectivity index (χ0n) is 9.39. The lowest BCUT2D eigenvalue weighted by Gasteiger charge is -2.33. The molecular formula is C10H20N2O2. The molecule has 1 atom stereocenters. The van der Waals surface area contributed by atoms with Crippen molar-refractivity contribution in [3.63, 3.8) is 0 Å². The first-order valence-corrected chi connectivity index (χ1v) is 5.09. The van der Waals surface area contributed by atoms with Gasteiger partial charge in [-0.2, -0.15) is 0 Å². The monoisotopic (exact) mass is 200 g/mol. The first kappa shape index (κ1) is 11.3. The molecule has 1 aliphatic heterocycles. The molecule has 2 N–H and O–H groups in total. The summed E-state index contributed by atoms with van der Waals surface area (Å²) in [4.78, 5) is 11.4. The summed E-state index contributed by atoms with van der Waals surface area (Å²) < 4.78 is 5.16. The van der Waals surface area contributed by atoms with Gasteiger partial charge in [0.15, 0.2) is 0 Å². The maximum atomic E-state index is 11.4. The van der Waals surface area contributed by atoms with Crippen LogP contribution in [0.5, 0.6) is 0 Å². The molecule has 1 rings (SSSR count). The Morgan fingerprint density at radius 2 is 2.07 bits per heavy atom.